The van der Waals surface area contributed by atoms with Gasteiger partial charge in [0.1, 0.15) is 0 Å². The molecule has 2 rings (SSSR count). The summed E-state index contributed by atoms with van der Waals surface area (Å²) in [6.07, 6.45) is 6.16. The van der Waals surface area contributed by atoms with Crippen molar-refractivity contribution in [3.05, 3.63) is 0 Å². The van der Waals surface area contributed by atoms with E-state index in [1.165, 1.54) is 38.8 Å². The molecule has 0 amide bonds. The van der Waals surface area contributed by atoms with Crippen LogP contribution in [0.25, 0.3) is 0 Å². The first-order chi connectivity index (χ1) is 7.25. The fraction of sp³-hybridized carbons (Fsp3) is 0.917. The molecule has 2 saturated heterocycles. The van der Waals surface area contributed by atoms with Crippen LogP contribution in [-0.4, -0.2) is 48.9 Å². The normalized spacial score (nSPS) is 25.9. The van der Waals surface area contributed by atoms with Gasteiger partial charge in [-0.15, -0.1) is 0 Å². The minimum absolute atomic E-state index is 0.833. The first-order valence-electron chi connectivity index (χ1n) is 6.26. The molecule has 86 valence electrons. The second-order valence-corrected chi connectivity index (χ2v) is 5.10. The number of nitrogens with zero attached hydrogens (tertiary/aromatic N) is 2. The van der Waals surface area contributed by atoms with Crippen LogP contribution in [0.3, 0.4) is 0 Å². The van der Waals surface area contributed by atoms with Gasteiger partial charge in [-0.3, -0.25) is 5.41 Å². The molecule has 0 bridgehead atoms. The molecule has 0 radical (unpaired) electrons. The van der Waals surface area contributed by atoms with Crippen LogP contribution in [0.15, 0.2) is 0 Å². The number of hydrogen-bond acceptors (Lipinski definition) is 2. The molecule has 1 N–H and O–H groups in total. The SMILES string of the molecule is CN1CCC(CN2CCCCC2=N)CC1. The van der Waals surface area contributed by atoms with E-state index < -0.39 is 0 Å². The van der Waals surface area contributed by atoms with Gasteiger partial charge >= 0.3 is 0 Å². The molecule has 15 heavy (non-hydrogen) atoms. The topological polar surface area (TPSA) is 30.3 Å². The lowest BCUT2D eigenvalue weighted by atomic mass is 9.95. The van der Waals surface area contributed by atoms with Crippen LogP contribution >= 0.6 is 0 Å². The summed E-state index contributed by atoms with van der Waals surface area (Å²) >= 11 is 0. The van der Waals surface area contributed by atoms with Crippen LogP contribution in [0, 0.1) is 11.3 Å². The number of hydrogen-bond donors (Lipinski definition) is 1. The Morgan fingerprint density at radius 3 is 2.60 bits per heavy atom. The van der Waals surface area contributed by atoms with Crippen molar-refractivity contribution in [3.8, 4) is 0 Å². The summed E-state index contributed by atoms with van der Waals surface area (Å²) in [7, 11) is 2.21. The zero-order chi connectivity index (χ0) is 10.7. The third-order valence-electron chi connectivity index (χ3n) is 3.79. The highest BCUT2D eigenvalue weighted by Crippen LogP contribution is 2.20. The van der Waals surface area contributed by atoms with Crippen molar-refractivity contribution in [2.75, 3.05) is 33.2 Å². The van der Waals surface area contributed by atoms with E-state index in [9.17, 15) is 0 Å². The Morgan fingerprint density at radius 2 is 1.93 bits per heavy atom. The van der Waals surface area contributed by atoms with Crippen LogP contribution in [-0.2, 0) is 0 Å². The summed E-state index contributed by atoms with van der Waals surface area (Å²) in [5, 5.41) is 7.92. The summed E-state index contributed by atoms with van der Waals surface area (Å²) in [6.45, 7) is 4.76. The van der Waals surface area contributed by atoms with Gasteiger partial charge in [-0.1, -0.05) is 0 Å². The Bertz CT molecular complexity index is 219. The van der Waals surface area contributed by atoms with Crippen molar-refractivity contribution in [3.63, 3.8) is 0 Å². The van der Waals surface area contributed by atoms with E-state index >= 15 is 0 Å². The third-order valence-corrected chi connectivity index (χ3v) is 3.79. The van der Waals surface area contributed by atoms with Crippen LogP contribution in [0.4, 0.5) is 0 Å². The van der Waals surface area contributed by atoms with Gasteiger partial charge in [0.05, 0.1) is 5.84 Å². The molecule has 0 aromatic heterocycles. The van der Waals surface area contributed by atoms with Crippen molar-refractivity contribution in [2.24, 2.45) is 5.92 Å². The molecule has 3 nitrogen and oxygen atoms in total. The lowest BCUT2D eigenvalue weighted by Crippen LogP contribution is -2.41. The molecule has 0 unspecified atom stereocenters. The number of nitrogens with one attached hydrogen (secondary N) is 1. The molecule has 0 spiro atoms. The molecule has 0 aromatic rings. The second kappa shape index (κ2) is 4.97. The minimum Gasteiger partial charge on any atom is -0.360 e. The molecule has 2 aliphatic heterocycles. The number of rotatable bonds is 2. The maximum absolute atomic E-state index is 7.92. The van der Waals surface area contributed by atoms with Gasteiger partial charge in [0, 0.05) is 19.5 Å². The van der Waals surface area contributed by atoms with E-state index in [-0.39, 0.29) is 0 Å². The van der Waals surface area contributed by atoms with Gasteiger partial charge in [-0.2, -0.15) is 0 Å². The van der Waals surface area contributed by atoms with E-state index in [0.29, 0.717) is 0 Å². The Hall–Kier alpha value is -0.570. The smallest absolute Gasteiger partial charge is 0.0957 e. The molecule has 0 aliphatic carbocycles. The standard InChI is InChI=1S/C12H23N3/c1-14-8-5-11(6-9-14)10-15-7-3-2-4-12(15)13/h11,13H,2-10H2,1H3. The van der Waals surface area contributed by atoms with Gasteiger partial charge in [-0.05, 0) is 51.7 Å². The Labute approximate surface area is 92.9 Å². The molecule has 2 aliphatic rings. The highest BCUT2D eigenvalue weighted by Gasteiger charge is 2.22. The summed E-state index contributed by atoms with van der Waals surface area (Å²) in [4.78, 5) is 4.73. The lowest BCUT2D eigenvalue weighted by molar-refractivity contribution is 0.188. The molecular weight excluding hydrogens is 186 g/mol. The fourth-order valence-electron chi connectivity index (χ4n) is 2.65. The van der Waals surface area contributed by atoms with Crippen molar-refractivity contribution in [2.45, 2.75) is 32.1 Å². The Morgan fingerprint density at radius 1 is 1.20 bits per heavy atom. The van der Waals surface area contributed by atoms with Crippen molar-refractivity contribution >= 4 is 5.84 Å². The predicted molar refractivity (Wildman–Crippen MR) is 63.4 cm³/mol. The molecule has 2 fully saturated rings. The average Bonchev–Trinajstić information content (AvgIpc) is 2.25. The van der Waals surface area contributed by atoms with Crippen LogP contribution in [0.5, 0.6) is 0 Å². The highest BCUT2D eigenvalue weighted by molar-refractivity contribution is 5.79. The Kier molecular flexibility index (Phi) is 3.62. The van der Waals surface area contributed by atoms with Crippen LogP contribution < -0.4 is 0 Å². The van der Waals surface area contributed by atoms with Crippen LogP contribution in [0.1, 0.15) is 32.1 Å². The minimum atomic E-state index is 0.833. The van der Waals surface area contributed by atoms with E-state index in [1.807, 2.05) is 0 Å². The number of piperidine rings is 2. The molecule has 3 heteroatoms. The highest BCUT2D eigenvalue weighted by atomic mass is 15.2. The predicted octanol–water partition coefficient (Wildman–Crippen LogP) is 1.79. The number of amidine groups is 1. The number of likely N-dealkylation sites (tertiary alicyclic amines) is 2. The van der Waals surface area contributed by atoms with Gasteiger partial charge < -0.3 is 9.80 Å². The maximum atomic E-state index is 7.92. The summed E-state index contributed by atoms with van der Waals surface area (Å²) < 4.78 is 0. The van der Waals surface area contributed by atoms with Gasteiger partial charge in [0.2, 0.25) is 0 Å². The quantitative estimate of drug-likeness (QED) is 0.751. The maximum Gasteiger partial charge on any atom is 0.0957 e. The van der Waals surface area contributed by atoms with E-state index in [4.69, 9.17) is 5.41 Å². The molecular formula is C12H23N3. The zero-order valence-corrected chi connectivity index (χ0v) is 9.84. The van der Waals surface area contributed by atoms with E-state index in [2.05, 4.69) is 16.8 Å². The van der Waals surface area contributed by atoms with E-state index in [1.54, 1.807) is 0 Å². The first-order valence-corrected chi connectivity index (χ1v) is 6.26. The molecule has 0 atom stereocenters. The average molecular weight is 209 g/mol. The van der Waals surface area contributed by atoms with Gasteiger partial charge in [0.25, 0.3) is 0 Å². The van der Waals surface area contributed by atoms with Crippen LogP contribution in [0.2, 0.25) is 0 Å². The molecule has 0 saturated carbocycles. The molecule has 0 aromatic carbocycles. The van der Waals surface area contributed by atoms with E-state index in [0.717, 1.165) is 31.3 Å². The third kappa shape index (κ3) is 2.94. The van der Waals surface area contributed by atoms with Crippen molar-refractivity contribution in [1.29, 1.82) is 5.41 Å². The Balaban J connectivity index is 1.78. The summed E-state index contributed by atoms with van der Waals surface area (Å²) in [6, 6.07) is 0. The van der Waals surface area contributed by atoms with Gasteiger partial charge in [0.15, 0.2) is 0 Å². The lowest BCUT2D eigenvalue weighted by Gasteiger charge is -2.36. The second-order valence-electron chi connectivity index (χ2n) is 5.10. The monoisotopic (exact) mass is 209 g/mol. The first kappa shape index (κ1) is 10.9. The zero-order valence-electron chi connectivity index (χ0n) is 9.84. The summed E-state index contributed by atoms with van der Waals surface area (Å²) in [5.41, 5.74) is 0. The van der Waals surface area contributed by atoms with Crippen molar-refractivity contribution < 1.29 is 0 Å². The molecule has 2 heterocycles. The van der Waals surface area contributed by atoms with Crippen molar-refractivity contribution in [1.82, 2.24) is 9.80 Å². The fourth-order valence-corrected chi connectivity index (χ4v) is 2.65. The van der Waals surface area contributed by atoms with Gasteiger partial charge in [-0.25, -0.2) is 0 Å². The summed E-state index contributed by atoms with van der Waals surface area (Å²) in [5.74, 6) is 1.72. The largest absolute Gasteiger partial charge is 0.360 e.